The number of benzene rings is 1. The SMILES string of the molecule is O=C(O)CN(c1ccc(Cl)cc1)S(=O)(=O)N1CCCCC1. The van der Waals surface area contributed by atoms with Gasteiger partial charge >= 0.3 is 16.2 Å². The van der Waals surface area contributed by atoms with Crippen molar-refractivity contribution in [1.82, 2.24) is 4.31 Å². The first kappa shape index (κ1) is 16.1. The van der Waals surface area contributed by atoms with Gasteiger partial charge in [-0.05, 0) is 37.1 Å². The van der Waals surface area contributed by atoms with Gasteiger partial charge in [0.15, 0.2) is 0 Å². The minimum absolute atomic E-state index is 0.298. The molecular formula is C13H17ClN2O4S. The Morgan fingerprint density at radius 1 is 1.19 bits per heavy atom. The molecule has 6 nitrogen and oxygen atoms in total. The van der Waals surface area contributed by atoms with E-state index in [0.717, 1.165) is 23.6 Å². The number of rotatable bonds is 5. The number of hydrogen-bond acceptors (Lipinski definition) is 3. The highest BCUT2D eigenvalue weighted by molar-refractivity contribution is 7.90. The van der Waals surface area contributed by atoms with E-state index in [0.29, 0.717) is 23.8 Å². The highest BCUT2D eigenvalue weighted by atomic mass is 35.5. The van der Waals surface area contributed by atoms with Crippen molar-refractivity contribution in [3.8, 4) is 0 Å². The van der Waals surface area contributed by atoms with Crippen molar-refractivity contribution in [2.24, 2.45) is 0 Å². The number of nitrogens with zero attached hydrogens (tertiary/aromatic N) is 2. The van der Waals surface area contributed by atoms with Crippen LogP contribution in [0.25, 0.3) is 0 Å². The molecule has 0 saturated carbocycles. The number of carbonyl (C=O) groups is 1. The van der Waals surface area contributed by atoms with Crippen LogP contribution in [0, 0.1) is 0 Å². The van der Waals surface area contributed by atoms with Gasteiger partial charge in [0.05, 0.1) is 5.69 Å². The van der Waals surface area contributed by atoms with Crippen LogP contribution in [-0.2, 0) is 15.0 Å². The van der Waals surface area contributed by atoms with Crippen molar-refractivity contribution in [1.29, 1.82) is 0 Å². The van der Waals surface area contributed by atoms with Gasteiger partial charge in [0, 0.05) is 18.1 Å². The van der Waals surface area contributed by atoms with Crippen molar-refractivity contribution < 1.29 is 18.3 Å². The summed E-state index contributed by atoms with van der Waals surface area (Å²) in [5, 5.41) is 9.47. The number of carboxylic acids is 1. The lowest BCUT2D eigenvalue weighted by molar-refractivity contribution is -0.135. The number of carboxylic acid groups (broad SMARTS) is 1. The smallest absolute Gasteiger partial charge is 0.324 e. The third-order valence-electron chi connectivity index (χ3n) is 3.31. The van der Waals surface area contributed by atoms with Crippen LogP contribution < -0.4 is 4.31 Å². The number of anilines is 1. The molecule has 0 unspecified atom stereocenters. The predicted molar refractivity (Wildman–Crippen MR) is 80.8 cm³/mol. The zero-order valence-corrected chi connectivity index (χ0v) is 13.0. The van der Waals surface area contributed by atoms with Crippen LogP contribution in [0.1, 0.15) is 19.3 Å². The summed E-state index contributed by atoms with van der Waals surface area (Å²) in [6, 6.07) is 6.09. The molecule has 0 aliphatic carbocycles. The van der Waals surface area contributed by atoms with Gasteiger partial charge < -0.3 is 5.11 Å². The van der Waals surface area contributed by atoms with E-state index in [1.807, 2.05) is 0 Å². The fourth-order valence-electron chi connectivity index (χ4n) is 2.27. The monoisotopic (exact) mass is 332 g/mol. The highest BCUT2D eigenvalue weighted by Gasteiger charge is 2.32. The van der Waals surface area contributed by atoms with E-state index < -0.39 is 22.7 Å². The van der Waals surface area contributed by atoms with Crippen LogP contribution in [0.5, 0.6) is 0 Å². The Balaban J connectivity index is 2.34. The number of aliphatic carboxylic acids is 1. The van der Waals surface area contributed by atoms with Gasteiger partial charge in [0.25, 0.3) is 0 Å². The molecule has 1 fully saturated rings. The van der Waals surface area contributed by atoms with Crippen molar-refractivity contribution in [2.45, 2.75) is 19.3 Å². The van der Waals surface area contributed by atoms with Gasteiger partial charge in [-0.3, -0.25) is 4.79 Å². The fraction of sp³-hybridized carbons (Fsp3) is 0.462. The maximum absolute atomic E-state index is 12.7. The van der Waals surface area contributed by atoms with Crippen LogP contribution in [0.15, 0.2) is 24.3 Å². The summed E-state index contributed by atoms with van der Waals surface area (Å²) < 4.78 is 27.6. The van der Waals surface area contributed by atoms with Crippen LogP contribution in [0.2, 0.25) is 5.02 Å². The summed E-state index contributed by atoms with van der Waals surface area (Å²) >= 11 is 5.79. The van der Waals surface area contributed by atoms with E-state index in [1.165, 1.54) is 28.6 Å². The third kappa shape index (κ3) is 3.87. The van der Waals surface area contributed by atoms with Gasteiger partial charge in [-0.1, -0.05) is 18.0 Å². The molecule has 0 bridgehead atoms. The van der Waals surface area contributed by atoms with E-state index >= 15 is 0 Å². The second-order valence-corrected chi connectivity index (χ2v) is 7.13. The lowest BCUT2D eigenvalue weighted by atomic mass is 10.2. The average Bonchev–Trinajstić information content (AvgIpc) is 2.46. The molecule has 1 N–H and O–H groups in total. The second kappa shape index (κ2) is 6.64. The summed E-state index contributed by atoms with van der Waals surface area (Å²) in [6.45, 7) is 0.235. The number of piperidine rings is 1. The first-order valence-electron chi connectivity index (χ1n) is 6.66. The Kier molecular flexibility index (Phi) is 5.08. The summed E-state index contributed by atoms with van der Waals surface area (Å²) in [4.78, 5) is 11.0. The molecule has 1 heterocycles. The fourth-order valence-corrected chi connectivity index (χ4v) is 4.06. The van der Waals surface area contributed by atoms with E-state index in [1.54, 1.807) is 0 Å². The van der Waals surface area contributed by atoms with Crippen LogP contribution in [0.3, 0.4) is 0 Å². The molecule has 1 saturated heterocycles. The topological polar surface area (TPSA) is 77.9 Å². The van der Waals surface area contributed by atoms with Crippen LogP contribution in [0.4, 0.5) is 5.69 Å². The molecular weight excluding hydrogens is 316 g/mol. The lowest BCUT2D eigenvalue weighted by Crippen LogP contribution is -2.47. The maximum Gasteiger partial charge on any atom is 0.324 e. The van der Waals surface area contributed by atoms with Crippen LogP contribution >= 0.6 is 11.6 Å². The van der Waals surface area contributed by atoms with E-state index in [4.69, 9.17) is 16.7 Å². The minimum atomic E-state index is -3.84. The molecule has 1 aliphatic rings. The van der Waals surface area contributed by atoms with Gasteiger partial charge in [-0.15, -0.1) is 0 Å². The molecule has 1 aliphatic heterocycles. The van der Waals surface area contributed by atoms with Crippen LogP contribution in [-0.4, -0.2) is 43.4 Å². The van der Waals surface area contributed by atoms with Gasteiger partial charge in [-0.25, -0.2) is 4.31 Å². The summed E-state index contributed by atoms with van der Waals surface area (Å²) in [5.74, 6) is -1.20. The van der Waals surface area contributed by atoms with E-state index in [9.17, 15) is 13.2 Å². The van der Waals surface area contributed by atoms with Crippen molar-refractivity contribution in [3.63, 3.8) is 0 Å². The summed E-state index contributed by atoms with van der Waals surface area (Å²) in [5.41, 5.74) is 0.298. The lowest BCUT2D eigenvalue weighted by Gasteiger charge is -2.32. The van der Waals surface area contributed by atoms with Gasteiger partial charge in [0.2, 0.25) is 0 Å². The molecule has 0 spiro atoms. The highest BCUT2D eigenvalue weighted by Crippen LogP contribution is 2.24. The molecule has 1 aromatic carbocycles. The second-order valence-electron chi connectivity index (χ2n) is 4.84. The standard InChI is InChI=1S/C13H17ClN2O4S/c14-11-4-6-12(7-5-11)16(10-13(17)18)21(19,20)15-8-2-1-3-9-15/h4-7H,1-3,8-10H2,(H,17,18). The zero-order valence-electron chi connectivity index (χ0n) is 11.4. The van der Waals surface area contributed by atoms with Crippen molar-refractivity contribution in [2.75, 3.05) is 23.9 Å². The molecule has 0 radical (unpaired) electrons. The Hall–Kier alpha value is -1.31. The Bertz CT molecular complexity index is 597. The Morgan fingerprint density at radius 2 is 1.76 bits per heavy atom. The molecule has 116 valence electrons. The maximum atomic E-state index is 12.7. The first-order chi connectivity index (χ1) is 9.91. The molecule has 1 aromatic rings. The minimum Gasteiger partial charge on any atom is -0.480 e. The zero-order chi connectivity index (χ0) is 15.5. The summed E-state index contributed by atoms with van der Waals surface area (Å²) in [7, 11) is -3.84. The largest absolute Gasteiger partial charge is 0.480 e. The molecule has 0 aromatic heterocycles. The molecule has 0 amide bonds. The average molecular weight is 333 g/mol. The Morgan fingerprint density at radius 3 is 2.29 bits per heavy atom. The quantitative estimate of drug-likeness (QED) is 0.894. The molecule has 0 atom stereocenters. The predicted octanol–water partition coefficient (Wildman–Crippen LogP) is 1.96. The van der Waals surface area contributed by atoms with Crippen molar-refractivity contribution in [3.05, 3.63) is 29.3 Å². The first-order valence-corrected chi connectivity index (χ1v) is 8.44. The third-order valence-corrected chi connectivity index (χ3v) is 5.48. The van der Waals surface area contributed by atoms with Gasteiger partial charge in [-0.2, -0.15) is 12.7 Å². The molecule has 21 heavy (non-hydrogen) atoms. The van der Waals surface area contributed by atoms with E-state index in [-0.39, 0.29) is 0 Å². The van der Waals surface area contributed by atoms with Crippen molar-refractivity contribution >= 4 is 33.5 Å². The number of halogens is 1. The number of hydrogen-bond donors (Lipinski definition) is 1. The normalized spacial score (nSPS) is 16.6. The molecule has 8 heteroatoms. The summed E-state index contributed by atoms with van der Waals surface area (Å²) in [6.07, 6.45) is 2.58. The van der Waals surface area contributed by atoms with E-state index in [2.05, 4.69) is 0 Å². The molecule has 2 rings (SSSR count). The Labute approximate surface area is 129 Å². The van der Waals surface area contributed by atoms with Gasteiger partial charge in [0.1, 0.15) is 6.54 Å².